The SMILES string of the molecule is COc1ccc(/C=C/c2cc(Br)ccc2O)c(OC)c1. The van der Waals surface area contributed by atoms with Crippen molar-refractivity contribution in [3.63, 3.8) is 0 Å². The zero-order valence-electron chi connectivity index (χ0n) is 11.3. The number of methoxy groups -OCH3 is 2. The van der Waals surface area contributed by atoms with Crippen LogP contribution in [0.25, 0.3) is 12.2 Å². The Morgan fingerprint density at radius 3 is 2.40 bits per heavy atom. The van der Waals surface area contributed by atoms with Crippen molar-refractivity contribution in [3.05, 3.63) is 52.0 Å². The molecule has 0 spiro atoms. The van der Waals surface area contributed by atoms with Gasteiger partial charge >= 0.3 is 0 Å². The van der Waals surface area contributed by atoms with Crippen LogP contribution in [-0.2, 0) is 0 Å². The van der Waals surface area contributed by atoms with Gasteiger partial charge in [-0.25, -0.2) is 0 Å². The molecular weight excluding hydrogens is 320 g/mol. The summed E-state index contributed by atoms with van der Waals surface area (Å²) in [5, 5.41) is 9.80. The number of benzene rings is 2. The first-order valence-electron chi connectivity index (χ1n) is 6.02. The Morgan fingerprint density at radius 1 is 0.950 bits per heavy atom. The van der Waals surface area contributed by atoms with Gasteiger partial charge < -0.3 is 14.6 Å². The minimum atomic E-state index is 0.233. The highest BCUT2D eigenvalue weighted by molar-refractivity contribution is 9.10. The van der Waals surface area contributed by atoms with Gasteiger partial charge in [-0.05, 0) is 30.3 Å². The summed E-state index contributed by atoms with van der Waals surface area (Å²) >= 11 is 3.38. The van der Waals surface area contributed by atoms with Gasteiger partial charge in [0.1, 0.15) is 17.2 Å². The standard InChI is InChI=1S/C16H15BrO3/c1-19-14-7-5-11(16(10-14)20-2)3-4-12-9-13(17)6-8-15(12)18/h3-10,18H,1-2H3/b4-3+. The maximum absolute atomic E-state index is 9.80. The van der Waals surface area contributed by atoms with Crippen LogP contribution in [0.5, 0.6) is 17.2 Å². The molecule has 2 aromatic rings. The summed E-state index contributed by atoms with van der Waals surface area (Å²) in [5.41, 5.74) is 1.64. The number of hydrogen-bond acceptors (Lipinski definition) is 3. The van der Waals surface area contributed by atoms with E-state index in [0.717, 1.165) is 27.1 Å². The zero-order valence-corrected chi connectivity index (χ0v) is 12.8. The number of phenolic OH excluding ortho intramolecular Hbond substituents is 1. The zero-order chi connectivity index (χ0) is 14.5. The van der Waals surface area contributed by atoms with Crippen molar-refractivity contribution in [1.82, 2.24) is 0 Å². The molecule has 0 aliphatic rings. The lowest BCUT2D eigenvalue weighted by atomic mass is 10.1. The first-order valence-corrected chi connectivity index (χ1v) is 6.82. The topological polar surface area (TPSA) is 38.7 Å². The minimum Gasteiger partial charge on any atom is -0.507 e. The summed E-state index contributed by atoms with van der Waals surface area (Å²) < 4.78 is 11.4. The van der Waals surface area contributed by atoms with Crippen molar-refractivity contribution in [2.75, 3.05) is 14.2 Å². The molecule has 0 bridgehead atoms. The molecule has 0 amide bonds. The Kier molecular flexibility index (Phi) is 4.69. The van der Waals surface area contributed by atoms with Crippen LogP contribution in [-0.4, -0.2) is 19.3 Å². The van der Waals surface area contributed by atoms with Crippen molar-refractivity contribution in [2.24, 2.45) is 0 Å². The summed E-state index contributed by atoms with van der Waals surface area (Å²) in [6.45, 7) is 0. The van der Waals surface area contributed by atoms with Gasteiger partial charge in [0.15, 0.2) is 0 Å². The number of halogens is 1. The van der Waals surface area contributed by atoms with E-state index in [1.54, 1.807) is 26.4 Å². The second-order valence-corrected chi connectivity index (χ2v) is 5.06. The van der Waals surface area contributed by atoms with E-state index in [-0.39, 0.29) is 5.75 Å². The molecule has 0 atom stereocenters. The van der Waals surface area contributed by atoms with Crippen LogP contribution in [0.2, 0.25) is 0 Å². The lowest BCUT2D eigenvalue weighted by Gasteiger charge is -2.07. The molecule has 0 radical (unpaired) electrons. The molecule has 104 valence electrons. The predicted molar refractivity (Wildman–Crippen MR) is 84.3 cm³/mol. The average Bonchev–Trinajstić information content (AvgIpc) is 2.48. The van der Waals surface area contributed by atoms with Crippen molar-refractivity contribution < 1.29 is 14.6 Å². The summed E-state index contributed by atoms with van der Waals surface area (Å²) in [7, 11) is 3.23. The third-order valence-electron chi connectivity index (χ3n) is 2.87. The Morgan fingerprint density at radius 2 is 1.70 bits per heavy atom. The van der Waals surface area contributed by atoms with Crippen LogP contribution >= 0.6 is 15.9 Å². The van der Waals surface area contributed by atoms with Crippen molar-refractivity contribution in [1.29, 1.82) is 0 Å². The lowest BCUT2D eigenvalue weighted by Crippen LogP contribution is -1.89. The molecule has 0 unspecified atom stereocenters. The lowest BCUT2D eigenvalue weighted by molar-refractivity contribution is 0.394. The van der Waals surface area contributed by atoms with Gasteiger partial charge in [-0.3, -0.25) is 0 Å². The van der Waals surface area contributed by atoms with Gasteiger partial charge in [0.05, 0.1) is 14.2 Å². The third-order valence-corrected chi connectivity index (χ3v) is 3.37. The first kappa shape index (κ1) is 14.5. The van der Waals surface area contributed by atoms with E-state index in [1.807, 2.05) is 36.4 Å². The Balaban J connectivity index is 2.33. The molecule has 0 aromatic heterocycles. The van der Waals surface area contributed by atoms with Crippen molar-refractivity contribution >= 4 is 28.1 Å². The monoisotopic (exact) mass is 334 g/mol. The highest BCUT2D eigenvalue weighted by Crippen LogP contribution is 2.28. The van der Waals surface area contributed by atoms with Crippen LogP contribution in [0, 0.1) is 0 Å². The Hall–Kier alpha value is -1.94. The van der Waals surface area contributed by atoms with Gasteiger partial charge in [0, 0.05) is 21.7 Å². The van der Waals surface area contributed by atoms with E-state index < -0.39 is 0 Å². The summed E-state index contributed by atoms with van der Waals surface area (Å²) in [5.74, 6) is 1.69. The highest BCUT2D eigenvalue weighted by atomic mass is 79.9. The van der Waals surface area contributed by atoms with Gasteiger partial charge in [0.25, 0.3) is 0 Å². The first-order chi connectivity index (χ1) is 9.63. The second-order valence-electron chi connectivity index (χ2n) is 4.14. The Bertz CT molecular complexity index is 636. The molecule has 0 heterocycles. The van der Waals surface area contributed by atoms with Crippen LogP contribution in [0.3, 0.4) is 0 Å². The number of aromatic hydroxyl groups is 1. The maximum atomic E-state index is 9.80. The van der Waals surface area contributed by atoms with Crippen LogP contribution < -0.4 is 9.47 Å². The summed E-state index contributed by atoms with van der Waals surface area (Å²) in [6.07, 6.45) is 3.73. The molecule has 20 heavy (non-hydrogen) atoms. The van der Waals surface area contributed by atoms with Gasteiger partial charge in [-0.15, -0.1) is 0 Å². The quantitative estimate of drug-likeness (QED) is 0.845. The van der Waals surface area contributed by atoms with Crippen molar-refractivity contribution in [2.45, 2.75) is 0 Å². The molecule has 0 saturated carbocycles. The third kappa shape index (κ3) is 3.33. The van der Waals surface area contributed by atoms with E-state index in [0.29, 0.717) is 0 Å². The molecular formula is C16H15BrO3. The average molecular weight is 335 g/mol. The minimum absolute atomic E-state index is 0.233. The molecule has 1 N–H and O–H groups in total. The number of ether oxygens (including phenoxy) is 2. The van der Waals surface area contributed by atoms with E-state index in [2.05, 4.69) is 15.9 Å². The predicted octanol–water partition coefficient (Wildman–Crippen LogP) is 4.34. The van der Waals surface area contributed by atoms with E-state index in [9.17, 15) is 5.11 Å². The van der Waals surface area contributed by atoms with Gasteiger partial charge in [-0.2, -0.15) is 0 Å². The molecule has 0 aliphatic heterocycles. The highest BCUT2D eigenvalue weighted by Gasteiger charge is 2.03. The maximum Gasteiger partial charge on any atom is 0.129 e. The summed E-state index contributed by atoms with van der Waals surface area (Å²) in [4.78, 5) is 0. The molecule has 2 aromatic carbocycles. The Labute approximate surface area is 126 Å². The van der Waals surface area contributed by atoms with Gasteiger partial charge in [-0.1, -0.05) is 28.1 Å². The number of rotatable bonds is 4. The van der Waals surface area contributed by atoms with E-state index >= 15 is 0 Å². The fourth-order valence-corrected chi connectivity index (χ4v) is 2.17. The van der Waals surface area contributed by atoms with E-state index in [4.69, 9.17) is 9.47 Å². The molecule has 0 aliphatic carbocycles. The van der Waals surface area contributed by atoms with Gasteiger partial charge in [0.2, 0.25) is 0 Å². The van der Waals surface area contributed by atoms with Crippen LogP contribution in [0.1, 0.15) is 11.1 Å². The fourth-order valence-electron chi connectivity index (χ4n) is 1.79. The van der Waals surface area contributed by atoms with Crippen LogP contribution in [0.15, 0.2) is 40.9 Å². The molecule has 0 fully saturated rings. The number of hydrogen-bond donors (Lipinski definition) is 1. The van der Waals surface area contributed by atoms with Crippen molar-refractivity contribution in [3.8, 4) is 17.2 Å². The smallest absolute Gasteiger partial charge is 0.129 e. The molecule has 2 rings (SSSR count). The summed E-state index contributed by atoms with van der Waals surface area (Å²) in [6, 6.07) is 10.9. The number of phenols is 1. The van der Waals surface area contributed by atoms with Crippen LogP contribution in [0.4, 0.5) is 0 Å². The normalized spacial score (nSPS) is 10.8. The molecule has 0 saturated heterocycles. The molecule has 4 heteroatoms. The van der Waals surface area contributed by atoms with E-state index in [1.165, 1.54) is 0 Å². The second kappa shape index (κ2) is 6.48. The largest absolute Gasteiger partial charge is 0.507 e. The molecule has 3 nitrogen and oxygen atoms in total. The fraction of sp³-hybridized carbons (Fsp3) is 0.125.